The van der Waals surface area contributed by atoms with Crippen molar-refractivity contribution < 1.29 is 22.7 Å². The third-order valence-corrected chi connectivity index (χ3v) is 3.34. The van der Waals surface area contributed by atoms with Crippen molar-refractivity contribution in [2.24, 2.45) is 0 Å². The first-order chi connectivity index (χ1) is 9.90. The van der Waals surface area contributed by atoms with Crippen LogP contribution in [0.3, 0.4) is 0 Å². The normalized spacial score (nSPS) is 15.7. The summed E-state index contributed by atoms with van der Waals surface area (Å²) in [5.74, 6) is -0.903. The molecule has 1 aromatic carbocycles. The minimum Gasteiger partial charge on any atom is -0.405 e. The van der Waals surface area contributed by atoms with Crippen molar-refractivity contribution in [2.45, 2.75) is 25.6 Å². The van der Waals surface area contributed by atoms with Crippen LogP contribution >= 0.6 is 0 Å². The van der Waals surface area contributed by atoms with Crippen LogP contribution in [0.5, 0.6) is 5.75 Å². The van der Waals surface area contributed by atoms with Crippen molar-refractivity contribution in [1.29, 1.82) is 0 Å². The maximum atomic E-state index is 12.5. The number of likely N-dealkylation sites (tertiary alicyclic amines) is 1. The summed E-state index contributed by atoms with van der Waals surface area (Å²) < 4.78 is 41.5. The van der Waals surface area contributed by atoms with E-state index in [1.165, 1.54) is 18.2 Å². The number of hydrogen-bond donors (Lipinski definition) is 0. The topological polar surface area (TPSA) is 29.5 Å². The molecule has 21 heavy (non-hydrogen) atoms. The highest BCUT2D eigenvalue weighted by molar-refractivity contribution is 5.97. The monoisotopic (exact) mass is 299 g/mol. The Morgan fingerprint density at radius 3 is 2.48 bits per heavy atom. The summed E-state index contributed by atoms with van der Waals surface area (Å²) >= 11 is 0. The molecule has 0 saturated carbocycles. The molecule has 0 aromatic heterocycles. The van der Waals surface area contributed by atoms with Gasteiger partial charge in [0.1, 0.15) is 5.75 Å². The van der Waals surface area contributed by atoms with Gasteiger partial charge in [-0.25, -0.2) is 0 Å². The second-order valence-electron chi connectivity index (χ2n) is 4.86. The van der Waals surface area contributed by atoms with E-state index in [0.717, 1.165) is 19.3 Å². The maximum Gasteiger partial charge on any atom is 0.573 e. The Kier molecular flexibility index (Phi) is 4.55. The van der Waals surface area contributed by atoms with E-state index >= 15 is 0 Å². The highest BCUT2D eigenvalue weighted by Crippen LogP contribution is 2.29. The van der Waals surface area contributed by atoms with E-state index in [0.29, 0.717) is 18.7 Å². The first kappa shape index (κ1) is 15.4. The van der Waals surface area contributed by atoms with Gasteiger partial charge < -0.3 is 9.64 Å². The Morgan fingerprint density at radius 2 is 1.90 bits per heavy atom. The van der Waals surface area contributed by atoms with E-state index in [1.54, 1.807) is 11.0 Å². The number of piperidine rings is 1. The van der Waals surface area contributed by atoms with E-state index in [4.69, 9.17) is 0 Å². The molecule has 0 unspecified atom stereocenters. The summed E-state index contributed by atoms with van der Waals surface area (Å²) in [5.41, 5.74) is 0.393. The Morgan fingerprint density at radius 1 is 1.24 bits per heavy atom. The molecule has 2 rings (SSSR count). The van der Waals surface area contributed by atoms with Crippen LogP contribution in [0, 0.1) is 0 Å². The number of hydrogen-bond acceptors (Lipinski definition) is 2. The maximum absolute atomic E-state index is 12.5. The Balaban J connectivity index is 2.32. The molecule has 1 aromatic rings. The summed E-state index contributed by atoms with van der Waals surface area (Å²) in [6, 6.07) is 4.08. The number of carbonyl (C=O) groups is 1. The highest BCUT2D eigenvalue weighted by Gasteiger charge is 2.33. The van der Waals surface area contributed by atoms with Gasteiger partial charge in [-0.05, 0) is 37.0 Å². The fourth-order valence-corrected chi connectivity index (χ4v) is 2.32. The van der Waals surface area contributed by atoms with Crippen molar-refractivity contribution in [3.05, 3.63) is 35.9 Å². The molecule has 0 bridgehead atoms. The third-order valence-electron chi connectivity index (χ3n) is 3.34. The number of alkyl halides is 3. The molecule has 0 radical (unpaired) electrons. The van der Waals surface area contributed by atoms with Gasteiger partial charge in [-0.3, -0.25) is 4.79 Å². The Labute approximate surface area is 121 Å². The molecule has 1 aliphatic rings. The predicted octanol–water partition coefficient (Wildman–Crippen LogP) is 3.85. The number of rotatable bonds is 3. The average molecular weight is 299 g/mol. The third kappa shape index (κ3) is 4.00. The van der Waals surface area contributed by atoms with Gasteiger partial charge >= 0.3 is 6.36 Å². The summed E-state index contributed by atoms with van der Waals surface area (Å²) in [5, 5.41) is 0. The number of nitrogens with zero attached hydrogens (tertiary/aromatic N) is 1. The number of halogens is 3. The minimum absolute atomic E-state index is 0.0696. The lowest BCUT2D eigenvalue weighted by Crippen LogP contribution is -2.36. The van der Waals surface area contributed by atoms with Gasteiger partial charge in [0.05, 0.1) is 5.56 Å². The average Bonchev–Trinajstić information content (AvgIpc) is 2.45. The largest absolute Gasteiger partial charge is 0.573 e. The molecule has 3 nitrogen and oxygen atoms in total. The second kappa shape index (κ2) is 6.20. The van der Waals surface area contributed by atoms with Crippen LogP contribution in [0.1, 0.15) is 35.2 Å². The van der Waals surface area contributed by atoms with Crippen LogP contribution in [0.15, 0.2) is 24.8 Å². The van der Waals surface area contributed by atoms with Crippen molar-refractivity contribution in [2.75, 3.05) is 13.1 Å². The van der Waals surface area contributed by atoms with E-state index in [9.17, 15) is 18.0 Å². The van der Waals surface area contributed by atoms with Gasteiger partial charge in [-0.2, -0.15) is 0 Å². The standard InChI is InChI=1S/C15H16F3NO2/c1-2-11-6-7-12(13(10-11)21-15(16,17)18)14(20)19-8-4-3-5-9-19/h2,6-7,10H,1,3-5,8-9H2. The Bertz CT molecular complexity index is 534. The van der Waals surface area contributed by atoms with Crippen LogP contribution in [-0.2, 0) is 0 Å². The predicted molar refractivity (Wildman–Crippen MR) is 73.0 cm³/mol. The lowest BCUT2D eigenvalue weighted by Gasteiger charge is -2.27. The molecule has 1 aliphatic heterocycles. The van der Waals surface area contributed by atoms with Crippen LogP contribution in [0.2, 0.25) is 0 Å². The van der Waals surface area contributed by atoms with Crippen molar-refractivity contribution in [3.8, 4) is 5.75 Å². The number of carbonyl (C=O) groups excluding carboxylic acids is 1. The van der Waals surface area contributed by atoms with Gasteiger partial charge in [0, 0.05) is 13.1 Å². The Hall–Kier alpha value is -1.98. The van der Waals surface area contributed by atoms with E-state index < -0.39 is 18.0 Å². The molecule has 1 fully saturated rings. The molecule has 1 heterocycles. The van der Waals surface area contributed by atoms with Crippen LogP contribution in [0.25, 0.3) is 6.08 Å². The summed E-state index contributed by atoms with van der Waals surface area (Å²) in [6.45, 7) is 4.63. The van der Waals surface area contributed by atoms with Gasteiger partial charge in [0.25, 0.3) is 5.91 Å². The molecular weight excluding hydrogens is 283 g/mol. The van der Waals surface area contributed by atoms with Gasteiger partial charge in [0.15, 0.2) is 0 Å². The second-order valence-corrected chi connectivity index (χ2v) is 4.86. The zero-order valence-electron chi connectivity index (χ0n) is 11.4. The highest BCUT2D eigenvalue weighted by atomic mass is 19.4. The summed E-state index contributed by atoms with van der Waals surface area (Å²) in [4.78, 5) is 13.9. The molecule has 0 atom stereocenters. The smallest absolute Gasteiger partial charge is 0.405 e. The molecule has 6 heteroatoms. The number of benzene rings is 1. The minimum atomic E-state index is -4.84. The zero-order chi connectivity index (χ0) is 15.5. The van der Waals surface area contributed by atoms with E-state index in [-0.39, 0.29) is 5.56 Å². The molecule has 0 spiro atoms. The van der Waals surface area contributed by atoms with Crippen molar-refractivity contribution >= 4 is 12.0 Å². The fourth-order valence-electron chi connectivity index (χ4n) is 2.32. The van der Waals surface area contributed by atoms with E-state index in [2.05, 4.69) is 11.3 Å². The molecular formula is C15H16F3NO2. The van der Waals surface area contributed by atoms with Gasteiger partial charge in [-0.15, -0.1) is 13.2 Å². The fraction of sp³-hybridized carbons (Fsp3) is 0.400. The van der Waals surface area contributed by atoms with Crippen LogP contribution < -0.4 is 4.74 Å². The lowest BCUT2D eigenvalue weighted by molar-refractivity contribution is -0.274. The van der Waals surface area contributed by atoms with Crippen molar-refractivity contribution in [3.63, 3.8) is 0 Å². The SMILES string of the molecule is C=Cc1ccc(C(=O)N2CCCCC2)c(OC(F)(F)F)c1. The molecule has 0 aliphatic carbocycles. The summed E-state index contributed by atoms with van der Waals surface area (Å²) in [6.07, 6.45) is -0.669. The van der Waals surface area contributed by atoms with E-state index in [1.807, 2.05) is 0 Å². The zero-order valence-corrected chi connectivity index (χ0v) is 11.4. The van der Waals surface area contributed by atoms with Crippen LogP contribution in [-0.4, -0.2) is 30.3 Å². The number of ether oxygens (including phenoxy) is 1. The molecule has 1 saturated heterocycles. The quantitative estimate of drug-likeness (QED) is 0.848. The summed E-state index contributed by atoms with van der Waals surface area (Å²) in [7, 11) is 0. The molecule has 114 valence electrons. The van der Waals surface area contributed by atoms with Gasteiger partial charge in [-0.1, -0.05) is 18.7 Å². The van der Waals surface area contributed by atoms with Crippen LogP contribution in [0.4, 0.5) is 13.2 Å². The van der Waals surface area contributed by atoms with Crippen molar-refractivity contribution in [1.82, 2.24) is 4.90 Å². The molecule has 1 amide bonds. The first-order valence-electron chi connectivity index (χ1n) is 6.72. The first-order valence-corrected chi connectivity index (χ1v) is 6.72. The lowest BCUT2D eigenvalue weighted by atomic mass is 10.1. The number of amides is 1. The van der Waals surface area contributed by atoms with Gasteiger partial charge in [0.2, 0.25) is 0 Å². The molecule has 0 N–H and O–H groups in total.